The Morgan fingerprint density at radius 1 is 1.43 bits per heavy atom. The Balaban J connectivity index is -0.0000000480. The molecule has 0 aliphatic heterocycles. The van der Waals surface area contributed by atoms with E-state index in [4.69, 9.17) is 14.4 Å². The van der Waals surface area contributed by atoms with Crippen LogP contribution in [0.1, 0.15) is 6.92 Å². The number of rotatable bonds is 0. The van der Waals surface area contributed by atoms with Gasteiger partial charge in [-0.05, 0) is 0 Å². The van der Waals surface area contributed by atoms with Crippen molar-refractivity contribution in [3.63, 3.8) is 0 Å². The minimum atomic E-state index is -3.37. The van der Waals surface area contributed by atoms with E-state index >= 15 is 0 Å². The van der Waals surface area contributed by atoms with Gasteiger partial charge in [-0.15, -0.1) is 0 Å². The maximum atomic E-state index is 8.48. The third-order valence-electron chi connectivity index (χ3n) is 0. The molecule has 0 unspecified atom stereocenters. The van der Waals surface area contributed by atoms with Gasteiger partial charge < -0.3 is 16.7 Å². The third-order valence-corrected chi connectivity index (χ3v) is 0. The maximum absolute atomic E-state index is 8.48. The molecule has 7 heavy (non-hydrogen) atoms. The minimum Gasteiger partial charge on any atom is -0.598 e. The summed E-state index contributed by atoms with van der Waals surface area (Å²) in [5.41, 5.74) is 0. The van der Waals surface area contributed by atoms with Crippen LogP contribution in [0.5, 0.6) is 0 Å². The third kappa shape index (κ3) is 463. The van der Waals surface area contributed by atoms with Crippen LogP contribution in [0.2, 0.25) is 0 Å². The standard InChI is InChI=1S/C2H5.Cu.HO3P/c1-2;;1-4(2)3/h1H2,2H3;;(H,1,2,3)/q-1;+2;/p-1. The first kappa shape index (κ1) is 15.6. The second-order valence-electron chi connectivity index (χ2n) is 0.224. The molecule has 0 saturated heterocycles. The Bertz CT molecular complexity index is 35.9. The van der Waals surface area contributed by atoms with Crippen molar-refractivity contribution in [2.45, 2.75) is 6.92 Å². The summed E-state index contributed by atoms with van der Waals surface area (Å²) in [4.78, 5) is 17.0. The largest absolute Gasteiger partial charge is 2.00 e. The molecule has 0 N–H and O–H groups in total. The first-order chi connectivity index (χ1) is 2.73. The van der Waals surface area contributed by atoms with Gasteiger partial charge in [-0.25, -0.2) is 0 Å². The Kier molecular flexibility index (Phi) is 35.8. The van der Waals surface area contributed by atoms with E-state index in [1.807, 2.05) is 0 Å². The zero-order valence-electron chi connectivity index (χ0n) is 3.68. The second-order valence-corrected chi connectivity index (χ2v) is 0.671. The summed E-state index contributed by atoms with van der Waals surface area (Å²) in [6.45, 7) is 5.00. The second kappa shape index (κ2) is 16.0. The van der Waals surface area contributed by atoms with Crippen molar-refractivity contribution >= 4 is 8.25 Å². The van der Waals surface area contributed by atoms with E-state index in [1.165, 1.54) is 0 Å². The zero-order chi connectivity index (χ0) is 5.58. The van der Waals surface area contributed by atoms with Crippen molar-refractivity contribution in [2.75, 3.05) is 0 Å². The van der Waals surface area contributed by atoms with Gasteiger partial charge in [0.2, 0.25) is 0 Å². The van der Waals surface area contributed by atoms with Gasteiger partial charge >= 0.3 is 17.1 Å². The van der Waals surface area contributed by atoms with Crippen molar-refractivity contribution in [1.29, 1.82) is 0 Å². The van der Waals surface area contributed by atoms with E-state index < -0.39 is 8.25 Å². The molecule has 0 aromatic heterocycles. The summed E-state index contributed by atoms with van der Waals surface area (Å²) in [6, 6.07) is 0. The molecule has 1 radical (unpaired) electrons. The molecule has 0 aromatic rings. The van der Waals surface area contributed by atoms with Crippen LogP contribution in [0.4, 0.5) is 0 Å². The Morgan fingerprint density at radius 3 is 1.43 bits per heavy atom. The molecule has 0 saturated carbocycles. The van der Waals surface area contributed by atoms with E-state index in [0.717, 1.165) is 0 Å². The molecule has 0 aliphatic carbocycles. The molecule has 0 heterocycles. The molecule has 5 heteroatoms. The Morgan fingerprint density at radius 2 is 1.43 bits per heavy atom. The van der Waals surface area contributed by atoms with Gasteiger partial charge in [0.1, 0.15) is 0 Å². The fourth-order valence-electron chi connectivity index (χ4n) is 0. The molecule has 0 spiro atoms. The summed E-state index contributed by atoms with van der Waals surface area (Å²) in [6.07, 6.45) is 0. The normalized spacial score (nSPS) is 4.57. The van der Waals surface area contributed by atoms with Gasteiger partial charge in [-0.1, -0.05) is 4.57 Å². The summed E-state index contributed by atoms with van der Waals surface area (Å²) < 4.78 is 8.48. The zero-order valence-corrected chi connectivity index (χ0v) is 5.52. The van der Waals surface area contributed by atoms with Gasteiger partial charge in [-0.3, -0.25) is 0 Å². The predicted molar refractivity (Wildman–Crippen MR) is 18.6 cm³/mol. The van der Waals surface area contributed by atoms with E-state index in [9.17, 15) is 0 Å². The monoisotopic (exact) mass is 171 g/mol. The molecule has 0 atom stereocenters. The van der Waals surface area contributed by atoms with E-state index in [-0.39, 0.29) is 17.1 Å². The SMILES string of the molecule is O=[P+]([O-])[O-].[CH2-]C.[Cu+2]. The summed E-state index contributed by atoms with van der Waals surface area (Å²) in [5.74, 6) is 0. The van der Waals surface area contributed by atoms with Gasteiger partial charge in [-0.2, -0.15) is 6.92 Å². The van der Waals surface area contributed by atoms with Crippen LogP contribution < -0.4 is 9.79 Å². The van der Waals surface area contributed by atoms with Crippen molar-refractivity contribution in [3.8, 4) is 0 Å². The molecular formula is C2H5CuO3P. The first-order valence-corrected chi connectivity index (χ1v) is 2.35. The summed E-state index contributed by atoms with van der Waals surface area (Å²) in [5, 5.41) is 0. The Hall–Kier alpha value is 0.539. The van der Waals surface area contributed by atoms with Gasteiger partial charge in [0, 0.05) is 0 Å². The van der Waals surface area contributed by atoms with Crippen LogP contribution in [-0.4, -0.2) is 0 Å². The molecule has 0 rings (SSSR count). The smallest absolute Gasteiger partial charge is 0.598 e. The van der Waals surface area contributed by atoms with Crippen molar-refractivity contribution in [2.24, 2.45) is 0 Å². The molecule has 0 aliphatic rings. The topological polar surface area (TPSA) is 63.2 Å². The molecule has 0 aromatic carbocycles. The average molecular weight is 172 g/mol. The van der Waals surface area contributed by atoms with Crippen LogP contribution >= 0.6 is 8.25 Å². The van der Waals surface area contributed by atoms with E-state index in [2.05, 4.69) is 6.92 Å². The molecule has 47 valence electrons. The van der Waals surface area contributed by atoms with E-state index in [1.54, 1.807) is 6.92 Å². The van der Waals surface area contributed by atoms with Gasteiger partial charge in [0.15, 0.2) is 0 Å². The summed E-state index contributed by atoms with van der Waals surface area (Å²) >= 11 is 0. The maximum Gasteiger partial charge on any atom is 2.00 e. The summed E-state index contributed by atoms with van der Waals surface area (Å²) in [7, 11) is -3.37. The van der Waals surface area contributed by atoms with Gasteiger partial charge in [0.25, 0.3) is 8.25 Å². The fourth-order valence-corrected chi connectivity index (χ4v) is 0. The van der Waals surface area contributed by atoms with Crippen molar-refractivity contribution in [3.05, 3.63) is 6.92 Å². The van der Waals surface area contributed by atoms with Crippen LogP contribution in [0.15, 0.2) is 0 Å². The minimum absolute atomic E-state index is 0. The van der Waals surface area contributed by atoms with Crippen molar-refractivity contribution < 1.29 is 31.4 Å². The van der Waals surface area contributed by atoms with E-state index in [0.29, 0.717) is 0 Å². The molecule has 3 nitrogen and oxygen atoms in total. The molecule has 0 amide bonds. The number of hydrogen-bond acceptors (Lipinski definition) is 3. The van der Waals surface area contributed by atoms with Crippen LogP contribution in [0.25, 0.3) is 0 Å². The molecule has 0 fully saturated rings. The quantitative estimate of drug-likeness (QED) is 0.272. The predicted octanol–water partition coefficient (Wildman–Crippen LogP) is -0.798. The number of hydrogen-bond donors (Lipinski definition) is 0. The molecule has 0 bridgehead atoms. The first-order valence-electron chi connectivity index (χ1n) is 1.25. The van der Waals surface area contributed by atoms with Gasteiger partial charge in [0.05, 0.1) is 0 Å². The van der Waals surface area contributed by atoms with Crippen LogP contribution in [0.3, 0.4) is 0 Å². The van der Waals surface area contributed by atoms with Crippen LogP contribution in [-0.2, 0) is 21.6 Å². The molecular weight excluding hydrogens is 167 g/mol. The average Bonchev–Trinajstić information content (AvgIpc) is 1.41. The fraction of sp³-hybridized carbons (Fsp3) is 0.500. The van der Waals surface area contributed by atoms with Crippen LogP contribution in [0, 0.1) is 6.92 Å². The Labute approximate surface area is 54.2 Å². The van der Waals surface area contributed by atoms with Crippen molar-refractivity contribution in [1.82, 2.24) is 0 Å².